The molecule has 130 valence electrons. The van der Waals surface area contributed by atoms with Crippen LogP contribution in [0.3, 0.4) is 0 Å². The van der Waals surface area contributed by atoms with Gasteiger partial charge in [0.2, 0.25) is 0 Å². The van der Waals surface area contributed by atoms with Crippen LogP contribution in [-0.4, -0.2) is 16.1 Å². The third kappa shape index (κ3) is 3.49. The first-order valence-corrected chi connectivity index (χ1v) is 8.80. The molecule has 0 amide bonds. The van der Waals surface area contributed by atoms with Crippen molar-refractivity contribution in [2.24, 2.45) is 5.92 Å². The van der Waals surface area contributed by atoms with E-state index in [2.05, 4.69) is 26.1 Å². The molecule has 1 N–H and O–H groups in total. The summed E-state index contributed by atoms with van der Waals surface area (Å²) in [5.74, 6) is 1.28. The number of hydrogen-bond acceptors (Lipinski definition) is 3. The third-order valence-corrected chi connectivity index (χ3v) is 4.38. The molecule has 3 aromatic rings. The maximum Gasteiger partial charge on any atom is 0.266 e. The van der Waals surface area contributed by atoms with Gasteiger partial charge in [0.1, 0.15) is 5.82 Å². The van der Waals surface area contributed by atoms with Gasteiger partial charge in [0.15, 0.2) is 0 Å². The van der Waals surface area contributed by atoms with Gasteiger partial charge in [-0.05, 0) is 50.1 Å². The number of para-hydroxylation sites is 2. The van der Waals surface area contributed by atoms with Crippen LogP contribution >= 0.6 is 0 Å². The first-order valence-electron chi connectivity index (χ1n) is 8.80. The zero-order chi connectivity index (χ0) is 18.0. The first-order chi connectivity index (χ1) is 12.0. The topological polar surface area (TPSA) is 46.9 Å². The predicted octanol–water partition coefficient (Wildman–Crippen LogP) is 4.00. The number of aromatic nitrogens is 2. The van der Waals surface area contributed by atoms with E-state index in [1.165, 1.54) is 0 Å². The van der Waals surface area contributed by atoms with Crippen molar-refractivity contribution in [1.29, 1.82) is 0 Å². The normalized spacial score (nSPS) is 12.7. The van der Waals surface area contributed by atoms with Gasteiger partial charge in [-0.3, -0.25) is 9.36 Å². The molecule has 0 bridgehead atoms. The van der Waals surface area contributed by atoms with Crippen molar-refractivity contribution in [2.75, 3.05) is 6.54 Å². The Morgan fingerprint density at radius 2 is 1.72 bits per heavy atom. The average Bonchev–Trinajstić information content (AvgIpc) is 2.60. The zero-order valence-corrected chi connectivity index (χ0v) is 15.3. The number of rotatable bonds is 5. The summed E-state index contributed by atoms with van der Waals surface area (Å²) in [5.41, 5.74) is 2.66. The lowest BCUT2D eigenvalue weighted by Crippen LogP contribution is -2.32. The molecule has 0 saturated carbocycles. The summed E-state index contributed by atoms with van der Waals surface area (Å²) in [6.07, 6.45) is 0. The average molecular weight is 335 g/mol. The second-order valence-electron chi connectivity index (χ2n) is 6.94. The molecule has 25 heavy (non-hydrogen) atoms. The van der Waals surface area contributed by atoms with Crippen LogP contribution in [0.25, 0.3) is 16.6 Å². The smallest absolute Gasteiger partial charge is 0.266 e. The number of benzene rings is 2. The van der Waals surface area contributed by atoms with Crippen LogP contribution in [0.4, 0.5) is 0 Å². The lowest BCUT2D eigenvalue weighted by Gasteiger charge is -2.21. The van der Waals surface area contributed by atoms with E-state index < -0.39 is 0 Å². The van der Waals surface area contributed by atoms with E-state index in [1.807, 2.05) is 55.5 Å². The van der Waals surface area contributed by atoms with E-state index >= 15 is 0 Å². The van der Waals surface area contributed by atoms with Crippen molar-refractivity contribution >= 4 is 10.9 Å². The van der Waals surface area contributed by atoms with Crippen LogP contribution in [0.5, 0.6) is 0 Å². The highest BCUT2D eigenvalue weighted by Gasteiger charge is 2.18. The van der Waals surface area contributed by atoms with Gasteiger partial charge in [-0.1, -0.05) is 44.2 Å². The predicted molar refractivity (Wildman–Crippen MR) is 103 cm³/mol. The molecule has 1 aromatic heterocycles. The largest absolute Gasteiger partial charge is 0.307 e. The minimum absolute atomic E-state index is 0.0203. The van der Waals surface area contributed by atoms with Gasteiger partial charge in [-0.25, -0.2) is 4.98 Å². The zero-order valence-electron chi connectivity index (χ0n) is 15.3. The molecule has 1 unspecified atom stereocenters. The molecule has 3 rings (SSSR count). The Morgan fingerprint density at radius 1 is 1.04 bits per heavy atom. The fraction of sp³-hybridized carbons (Fsp3) is 0.333. The number of aryl methyl sites for hydroxylation is 1. The maximum atomic E-state index is 13.2. The lowest BCUT2D eigenvalue weighted by atomic mass is 10.1. The van der Waals surface area contributed by atoms with Crippen molar-refractivity contribution in [3.63, 3.8) is 0 Å². The molecule has 0 spiro atoms. The number of fused-ring (bicyclic) bond motifs is 1. The van der Waals surface area contributed by atoms with E-state index in [4.69, 9.17) is 4.98 Å². The SMILES string of the molecule is Cc1ccccc1-n1c(C(C)NCC(C)C)nc2ccccc2c1=O. The van der Waals surface area contributed by atoms with E-state index in [0.29, 0.717) is 11.3 Å². The van der Waals surface area contributed by atoms with Gasteiger partial charge in [0.25, 0.3) is 5.56 Å². The summed E-state index contributed by atoms with van der Waals surface area (Å²) in [4.78, 5) is 18.1. The Hall–Kier alpha value is -2.46. The molecule has 4 nitrogen and oxygen atoms in total. The van der Waals surface area contributed by atoms with Crippen LogP contribution in [0.1, 0.15) is 38.2 Å². The summed E-state index contributed by atoms with van der Waals surface area (Å²) in [6.45, 7) is 9.29. The van der Waals surface area contributed by atoms with Crippen molar-refractivity contribution in [2.45, 2.75) is 33.7 Å². The summed E-state index contributed by atoms with van der Waals surface area (Å²) in [6, 6.07) is 15.5. The first kappa shape index (κ1) is 17.4. The Morgan fingerprint density at radius 3 is 2.44 bits per heavy atom. The molecule has 1 atom stereocenters. The molecule has 1 heterocycles. The van der Waals surface area contributed by atoms with Gasteiger partial charge in [0, 0.05) is 0 Å². The highest BCUT2D eigenvalue weighted by molar-refractivity contribution is 5.78. The lowest BCUT2D eigenvalue weighted by molar-refractivity contribution is 0.475. The molecule has 4 heteroatoms. The number of nitrogens with one attached hydrogen (secondary N) is 1. The highest BCUT2D eigenvalue weighted by Crippen LogP contribution is 2.20. The fourth-order valence-corrected chi connectivity index (χ4v) is 2.99. The fourth-order valence-electron chi connectivity index (χ4n) is 2.99. The second-order valence-corrected chi connectivity index (χ2v) is 6.94. The van der Waals surface area contributed by atoms with Crippen molar-refractivity contribution in [3.05, 3.63) is 70.3 Å². The van der Waals surface area contributed by atoms with Crippen LogP contribution in [0, 0.1) is 12.8 Å². The van der Waals surface area contributed by atoms with Crippen LogP contribution < -0.4 is 10.9 Å². The Bertz CT molecular complexity index is 943. The molecule has 0 aliphatic heterocycles. The minimum Gasteiger partial charge on any atom is -0.307 e. The van der Waals surface area contributed by atoms with E-state index in [1.54, 1.807) is 4.57 Å². The molecule has 0 aliphatic carbocycles. The molecule has 2 aromatic carbocycles. The van der Waals surface area contributed by atoms with Crippen LogP contribution in [0.2, 0.25) is 0 Å². The Balaban J connectivity index is 2.25. The van der Waals surface area contributed by atoms with Gasteiger partial charge in [-0.15, -0.1) is 0 Å². The minimum atomic E-state index is -0.0284. The van der Waals surface area contributed by atoms with Crippen molar-refractivity contribution in [3.8, 4) is 5.69 Å². The van der Waals surface area contributed by atoms with E-state index in [0.717, 1.165) is 29.1 Å². The van der Waals surface area contributed by atoms with Gasteiger partial charge < -0.3 is 5.32 Å². The molecule has 0 saturated heterocycles. The standard InChI is InChI=1S/C21H25N3O/c1-14(2)13-22-16(4)20-23-18-11-7-6-10-17(18)21(25)24(20)19-12-8-5-9-15(19)3/h5-12,14,16,22H,13H2,1-4H3. The van der Waals surface area contributed by atoms with Crippen molar-refractivity contribution < 1.29 is 0 Å². The summed E-state index contributed by atoms with van der Waals surface area (Å²) < 4.78 is 1.76. The molecule has 0 fully saturated rings. The molecular weight excluding hydrogens is 310 g/mol. The summed E-state index contributed by atoms with van der Waals surface area (Å²) in [5, 5.41) is 4.14. The van der Waals surface area contributed by atoms with Crippen molar-refractivity contribution in [1.82, 2.24) is 14.9 Å². The van der Waals surface area contributed by atoms with Gasteiger partial charge in [-0.2, -0.15) is 0 Å². The Labute approximate surface area is 148 Å². The number of hydrogen-bond donors (Lipinski definition) is 1. The third-order valence-electron chi connectivity index (χ3n) is 4.38. The number of nitrogens with zero attached hydrogens (tertiary/aromatic N) is 2. The second kappa shape index (κ2) is 7.19. The van der Waals surface area contributed by atoms with Gasteiger partial charge in [0.05, 0.1) is 22.6 Å². The van der Waals surface area contributed by atoms with Crippen LogP contribution in [-0.2, 0) is 0 Å². The summed E-state index contributed by atoms with van der Waals surface area (Å²) in [7, 11) is 0. The monoisotopic (exact) mass is 335 g/mol. The molecular formula is C21H25N3O. The molecule has 0 aliphatic rings. The highest BCUT2D eigenvalue weighted by atomic mass is 16.1. The van der Waals surface area contributed by atoms with Gasteiger partial charge >= 0.3 is 0 Å². The summed E-state index contributed by atoms with van der Waals surface area (Å²) >= 11 is 0. The molecule has 0 radical (unpaired) electrons. The maximum absolute atomic E-state index is 13.2. The Kier molecular flexibility index (Phi) is 5.00. The quantitative estimate of drug-likeness (QED) is 0.766. The van der Waals surface area contributed by atoms with E-state index in [9.17, 15) is 4.79 Å². The van der Waals surface area contributed by atoms with E-state index in [-0.39, 0.29) is 11.6 Å². The van der Waals surface area contributed by atoms with Crippen LogP contribution in [0.15, 0.2) is 53.3 Å².